The Morgan fingerprint density at radius 3 is 2.61 bits per heavy atom. The van der Waals surface area contributed by atoms with E-state index in [1.165, 1.54) is 23.9 Å². The summed E-state index contributed by atoms with van der Waals surface area (Å²) in [6, 6.07) is 11.5. The number of carbonyl (C=O) groups excluding carboxylic acids is 1. The number of halogens is 1. The third-order valence-electron chi connectivity index (χ3n) is 4.87. The number of methoxy groups -OCH3 is 2. The smallest absolute Gasteiger partial charge is 0.242 e. The van der Waals surface area contributed by atoms with Crippen molar-refractivity contribution in [1.29, 1.82) is 0 Å². The number of benzene rings is 2. The van der Waals surface area contributed by atoms with E-state index in [2.05, 4.69) is 17.1 Å². The Morgan fingerprint density at radius 1 is 1.16 bits per heavy atom. The van der Waals surface area contributed by atoms with Crippen LogP contribution in [0.25, 0.3) is 0 Å². The maximum absolute atomic E-state index is 13.2. The zero-order valence-corrected chi connectivity index (χ0v) is 18.7. The third-order valence-corrected chi connectivity index (χ3v) is 6.11. The summed E-state index contributed by atoms with van der Waals surface area (Å²) < 4.78 is 23.8. The van der Waals surface area contributed by atoms with Gasteiger partial charge >= 0.3 is 0 Å². The van der Waals surface area contributed by atoms with Crippen molar-refractivity contribution in [2.24, 2.45) is 10.2 Å². The summed E-state index contributed by atoms with van der Waals surface area (Å²) >= 11 is 1.43. The molecule has 1 aliphatic heterocycles. The monoisotopic (exact) mass is 443 g/mol. The summed E-state index contributed by atoms with van der Waals surface area (Å²) in [4.78, 5) is 14.6. The molecule has 8 heteroatoms. The number of thioether (sulfide) groups is 1. The van der Waals surface area contributed by atoms with Crippen LogP contribution in [-0.2, 0) is 11.3 Å². The van der Waals surface area contributed by atoms with Crippen LogP contribution in [0.2, 0.25) is 0 Å². The number of hydrogen-bond acceptors (Lipinski definition) is 6. The van der Waals surface area contributed by atoms with Gasteiger partial charge in [0.25, 0.3) is 0 Å². The summed E-state index contributed by atoms with van der Waals surface area (Å²) in [7, 11) is 3.17. The number of unbranched alkanes of at least 4 members (excludes halogenated alkanes) is 1. The quantitative estimate of drug-likeness (QED) is 0.410. The fourth-order valence-corrected chi connectivity index (χ4v) is 4.29. The fourth-order valence-electron chi connectivity index (χ4n) is 3.14. The number of amides is 1. The van der Waals surface area contributed by atoms with E-state index >= 15 is 0 Å². The Kier molecular flexibility index (Phi) is 8.06. The van der Waals surface area contributed by atoms with Crippen molar-refractivity contribution < 1.29 is 18.7 Å². The molecule has 0 unspecified atom stereocenters. The van der Waals surface area contributed by atoms with Crippen molar-refractivity contribution in [2.75, 3.05) is 14.2 Å². The Balaban J connectivity index is 1.82. The molecule has 6 nitrogen and oxygen atoms in total. The van der Waals surface area contributed by atoms with E-state index in [0.717, 1.165) is 30.4 Å². The molecule has 1 fully saturated rings. The van der Waals surface area contributed by atoms with Crippen LogP contribution < -0.4 is 9.47 Å². The van der Waals surface area contributed by atoms with Gasteiger partial charge < -0.3 is 9.47 Å². The van der Waals surface area contributed by atoms with Crippen LogP contribution >= 0.6 is 11.8 Å². The maximum atomic E-state index is 13.2. The van der Waals surface area contributed by atoms with Gasteiger partial charge in [-0.2, -0.15) is 5.10 Å². The van der Waals surface area contributed by atoms with Crippen molar-refractivity contribution in [3.63, 3.8) is 0 Å². The molecular weight excluding hydrogens is 417 g/mol. The second-order valence-corrected chi connectivity index (χ2v) is 8.20. The molecule has 0 aromatic heterocycles. The average molecular weight is 444 g/mol. The van der Waals surface area contributed by atoms with Crippen molar-refractivity contribution in [3.8, 4) is 11.5 Å². The standard InChI is InChI=1S/C23H26FN3O3S/c1-4-5-6-21-22(28)27(15-16-7-10-18(24)11-8-16)23(31-21)26-25-14-17-9-12-19(29-2)13-20(17)30-3/h7-14,21H,4-6,15H2,1-3H3/b25-14-,26-23+/t21-/m1/s1. The molecule has 0 aliphatic carbocycles. The van der Waals surface area contributed by atoms with Gasteiger partial charge in [0.05, 0.1) is 32.2 Å². The highest BCUT2D eigenvalue weighted by Gasteiger charge is 2.37. The van der Waals surface area contributed by atoms with E-state index in [0.29, 0.717) is 23.2 Å². The first-order valence-corrected chi connectivity index (χ1v) is 11.0. The van der Waals surface area contributed by atoms with E-state index < -0.39 is 0 Å². The van der Waals surface area contributed by atoms with E-state index in [4.69, 9.17) is 9.47 Å². The topological polar surface area (TPSA) is 63.5 Å². The van der Waals surface area contributed by atoms with Crippen molar-refractivity contribution in [1.82, 2.24) is 4.90 Å². The molecule has 0 radical (unpaired) electrons. The van der Waals surface area contributed by atoms with Crippen LogP contribution in [0.4, 0.5) is 4.39 Å². The molecular formula is C23H26FN3O3S. The lowest BCUT2D eigenvalue weighted by Gasteiger charge is -2.16. The number of rotatable bonds is 9. The highest BCUT2D eigenvalue weighted by molar-refractivity contribution is 8.15. The van der Waals surface area contributed by atoms with Crippen molar-refractivity contribution in [2.45, 2.75) is 38.0 Å². The summed E-state index contributed by atoms with van der Waals surface area (Å²) in [6.45, 7) is 2.43. The van der Waals surface area contributed by atoms with Gasteiger partial charge in [0.1, 0.15) is 17.3 Å². The van der Waals surface area contributed by atoms with Gasteiger partial charge in [0, 0.05) is 11.6 Å². The largest absolute Gasteiger partial charge is 0.497 e. The van der Waals surface area contributed by atoms with Crippen molar-refractivity contribution >= 4 is 29.1 Å². The molecule has 0 spiro atoms. The molecule has 3 rings (SSSR count). The summed E-state index contributed by atoms with van der Waals surface area (Å²) in [5, 5.41) is 8.91. The number of hydrogen-bond donors (Lipinski definition) is 0. The molecule has 164 valence electrons. The van der Waals surface area contributed by atoms with E-state index in [1.807, 2.05) is 12.1 Å². The Morgan fingerprint density at radius 2 is 1.94 bits per heavy atom. The lowest BCUT2D eigenvalue weighted by molar-refractivity contribution is -0.126. The second-order valence-electron chi connectivity index (χ2n) is 7.03. The van der Waals surface area contributed by atoms with Gasteiger partial charge in [0.2, 0.25) is 5.91 Å². The van der Waals surface area contributed by atoms with Crippen LogP contribution in [0.15, 0.2) is 52.7 Å². The maximum Gasteiger partial charge on any atom is 0.242 e. The molecule has 1 heterocycles. The minimum Gasteiger partial charge on any atom is -0.497 e. The summed E-state index contributed by atoms with van der Waals surface area (Å²) in [6.07, 6.45) is 4.36. The number of amidine groups is 1. The minimum absolute atomic E-state index is 0.0127. The van der Waals surface area contributed by atoms with Crippen LogP contribution in [0, 0.1) is 5.82 Å². The SMILES string of the molecule is CCCC[C@H]1S/C(=N/N=C\c2ccc(OC)cc2OC)N(Cc2ccc(F)cc2)C1=O. The molecule has 1 aliphatic rings. The minimum atomic E-state index is -0.307. The lowest BCUT2D eigenvalue weighted by Crippen LogP contribution is -2.31. The fraction of sp³-hybridized carbons (Fsp3) is 0.348. The molecule has 2 aromatic rings. The van der Waals surface area contributed by atoms with Crippen LogP contribution in [0.3, 0.4) is 0 Å². The van der Waals surface area contributed by atoms with Gasteiger partial charge in [-0.05, 0) is 36.2 Å². The summed E-state index contributed by atoms with van der Waals surface area (Å²) in [5.74, 6) is 1.00. The average Bonchev–Trinajstić information content (AvgIpc) is 3.08. The third kappa shape index (κ3) is 5.85. The lowest BCUT2D eigenvalue weighted by atomic mass is 10.1. The summed E-state index contributed by atoms with van der Waals surface area (Å²) in [5.41, 5.74) is 1.58. The number of carbonyl (C=O) groups is 1. The Hall–Kier alpha value is -2.87. The molecule has 31 heavy (non-hydrogen) atoms. The highest BCUT2D eigenvalue weighted by Crippen LogP contribution is 2.32. The molecule has 0 bridgehead atoms. The Bertz CT molecular complexity index is 963. The van der Waals surface area contributed by atoms with Gasteiger partial charge in [-0.25, -0.2) is 4.39 Å². The van der Waals surface area contributed by atoms with Crippen LogP contribution in [-0.4, -0.2) is 41.7 Å². The first-order chi connectivity index (χ1) is 15.0. The van der Waals surface area contributed by atoms with Gasteiger partial charge in [0.15, 0.2) is 5.17 Å². The first-order valence-electron chi connectivity index (χ1n) is 10.1. The molecule has 1 atom stereocenters. The zero-order chi connectivity index (χ0) is 22.2. The highest BCUT2D eigenvalue weighted by atomic mass is 32.2. The Labute approximate surface area is 186 Å². The van der Waals surface area contributed by atoms with Gasteiger partial charge in [-0.3, -0.25) is 9.69 Å². The number of nitrogens with zero attached hydrogens (tertiary/aromatic N) is 3. The van der Waals surface area contributed by atoms with Crippen LogP contribution in [0.1, 0.15) is 37.3 Å². The molecule has 2 aromatic carbocycles. The van der Waals surface area contributed by atoms with Gasteiger partial charge in [-0.1, -0.05) is 43.7 Å². The van der Waals surface area contributed by atoms with Crippen LogP contribution in [0.5, 0.6) is 11.5 Å². The van der Waals surface area contributed by atoms with Crippen molar-refractivity contribution in [3.05, 3.63) is 59.4 Å². The molecule has 0 saturated carbocycles. The predicted octanol–water partition coefficient (Wildman–Crippen LogP) is 4.87. The van der Waals surface area contributed by atoms with E-state index in [1.54, 1.807) is 43.5 Å². The molecule has 1 saturated heterocycles. The predicted molar refractivity (Wildman–Crippen MR) is 122 cm³/mol. The number of ether oxygens (including phenoxy) is 2. The van der Waals surface area contributed by atoms with E-state index in [9.17, 15) is 9.18 Å². The first kappa shape index (κ1) is 22.8. The van der Waals surface area contributed by atoms with E-state index in [-0.39, 0.29) is 17.0 Å². The zero-order valence-electron chi connectivity index (χ0n) is 17.9. The normalized spacial score (nSPS) is 17.7. The molecule has 1 amide bonds. The van der Waals surface area contributed by atoms with Gasteiger partial charge in [-0.15, -0.1) is 5.10 Å². The second kappa shape index (κ2) is 10.9. The molecule has 0 N–H and O–H groups in total.